The minimum absolute atomic E-state index is 0.0683. The van der Waals surface area contributed by atoms with Crippen LogP contribution in [0.2, 0.25) is 0 Å². The van der Waals surface area contributed by atoms with Gasteiger partial charge in [0.25, 0.3) is 0 Å². The summed E-state index contributed by atoms with van der Waals surface area (Å²) in [4.78, 5) is 29.8. The standard InChI is InChI=1S/C18H20N2O3S/c1-11-3-5-13(6-4-11)17-19-14(10-24-17)9-16(21)20(15-7-8-15)12(2)18(22)23/h3-6,10,12,15H,7-9H2,1-2H3,(H,22,23). The molecule has 0 radical (unpaired) electrons. The van der Waals surface area contributed by atoms with Crippen molar-refractivity contribution in [2.75, 3.05) is 0 Å². The third-order valence-corrected chi connectivity index (χ3v) is 5.13. The van der Waals surface area contributed by atoms with Crippen LogP contribution in [0.25, 0.3) is 10.6 Å². The molecule has 5 nitrogen and oxygen atoms in total. The monoisotopic (exact) mass is 344 g/mol. The molecule has 2 aromatic rings. The summed E-state index contributed by atoms with van der Waals surface area (Å²) in [5, 5.41) is 12.0. The third-order valence-electron chi connectivity index (χ3n) is 4.19. The van der Waals surface area contributed by atoms with Crippen LogP contribution < -0.4 is 0 Å². The highest BCUT2D eigenvalue weighted by Gasteiger charge is 2.38. The highest BCUT2D eigenvalue weighted by atomic mass is 32.1. The zero-order valence-corrected chi connectivity index (χ0v) is 14.5. The molecule has 0 aliphatic heterocycles. The maximum absolute atomic E-state index is 12.6. The van der Waals surface area contributed by atoms with E-state index < -0.39 is 12.0 Å². The number of thiazole rings is 1. The van der Waals surface area contributed by atoms with Crippen LogP contribution in [-0.2, 0) is 16.0 Å². The van der Waals surface area contributed by atoms with Gasteiger partial charge < -0.3 is 10.0 Å². The van der Waals surface area contributed by atoms with Gasteiger partial charge in [-0.15, -0.1) is 11.3 Å². The Bertz CT molecular complexity index is 750. The van der Waals surface area contributed by atoms with E-state index in [1.165, 1.54) is 21.8 Å². The van der Waals surface area contributed by atoms with Crippen LogP contribution in [0.5, 0.6) is 0 Å². The van der Waals surface area contributed by atoms with Gasteiger partial charge in [0.2, 0.25) is 5.91 Å². The Morgan fingerprint density at radius 2 is 2.00 bits per heavy atom. The molecular weight excluding hydrogens is 324 g/mol. The predicted octanol–water partition coefficient (Wildman–Crippen LogP) is 3.13. The first-order chi connectivity index (χ1) is 11.5. The first kappa shape index (κ1) is 16.6. The number of hydrogen-bond donors (Lipinski definition) is 1. The van der Waals surface area contributed by atoms with Gasteiger partial charge in [-0.3, -0.25) is 4.79 Å². The minimum Gasteiger partial charge on any atom is -0.480 e. The molecule has 1 amide bonds. The Hall–Kier alpha value is -2.21. The second-order valence-electron chi connectivity index (χ2n) is 6.23. The summed E-state index contributed by atoms with van der Waals surface area (Å²) < 4.78 is 0. The molecule has 1 atom stereocenters. The average molecular weight is 344 g/mol. The van der Waals surface area contributed by atoms with E-state index in [1.807, 2.05) is 36.6 Å². The summed E-state index contributed by atoms with van der Waals surface area (Å²) in [5.41, 5.74) is 2.92. The third kappa shape index (κ3) is 3.64. The van der Waals surface area contributed by atoms with Crippen LogP contribution >= 0.6 is 11.3 Å². The quantitative estimate of drug-likeness (QED) is 0.874. The van der Waals surface area contributed by atoms with Gasteiger partial charge in [0.1, 0.15) is 11.0 Å². The molecule has 24 heavy (non-hydrogen) atoms. The SMILES string of the molecule is Cc1ccc(-c2nc(CC(=O)N(C3CC3)C(C)C(=O)O)cs2)cc1. The van der Waals surface area contributed by atoms with Gasteiger partial charge in [-0.25, -0.2) is 9.78 Å². The number of rotatable bonds is 6. The summed E-state index contributed by atoms with van der Waals surface area (Å²) in [6.45, 7) is 3.60. The lowest BCUT2D eigenvalue weighted by molar-refractivity contribution is -0.149. The fourth-order valence-electron chi connectivity index (χ4n) is 2.67. The predicted molar refractivity (Wildman–Crippen MR) is 93.0 cm³/mol. The fraction of sp³-hybridized carbons (Fsp3) is 0.389. The van der Waals surface area contributed by atoms with Crippen LogP contribution in [0.1, 0.15) is 31.0 Å². The lowest BCUT2D eigenvalue weighted by atomic mass is 10.1. The van der Waals surface area contributed by atoms with E-state index in [-0.39, 0.29) is 18.4 Å². The van der Waals surface area contributed by atoms with Gasteiger partial charge in [0.05, 0.1) is 12.1 Å². The first-order valence-corrected chi connectivity index (χ1v) is 8.89. The number of aromatic nitrogens is 1. The summed E-state index contributed by atoms with van der Waals surface area (Å²) >= 11 is 1.50. The lowest BCUT2D eigenvalue weighted by Gasteiger charge is -2.26. The molecule has 3 rings (SSSR count). The van der Waals surface area contributed by atoms with Crippen LogP contribution in [0.15, 0.2) is 29.6 Å². The maximum atomic E-state index is 12.6. The molecule has 1 aromatic carbocycles. The van der Waals surface area contributed by atoms with Gasteiger partial charge in [-0.2, -0.15) is 0 Å². The van der Waals surface area contributed by atoms with Crippen molar-refractivity contribution in [1.82, 2.24) is 9.88 Å². The van der Waals surface area contributed by atoms with Crippen molar-refractivity contribution in [3.63, 3.8) is 0 Å². The number of hydrogen-bond acceptors (Lipinski definition) is 4. The molecule has 126 valence electrons. The van der Waals surface area contributed by atoms with Crippen molar-refractivity contribution in [3.8, 4) is 10.6 Å². The van der Waals surface area contributed by atoms with Crippen LogP contribution in [0.3, 0.4) is 0 Å². The second kappa shape index (κ2) is 6.73. The van der Waals surface area contributed by atoms with Crippen molar-refractivity contribution in [2.45, 2.75) is 45.2 Å². The molecule has 1 saturated carbocycles. The zero-order chi connectivity index (χ0) is 17.3. The number of aryl methyl sites for hydroxylation is 1. The van der Waals surface area contributed by atoms with E-state index in [0.29, 0.717) is 5.69 Å². The number of carbonyl (C=O) groups excluding carboxylic acids is 1. The van der Waals surface area contributed by atoms with Crippen molar-refractivity contribution in [2.24, 2.45) is 0 Å². The number of carboxylic acid groups (broad SMARTS) is 1. The summed E-state index contributed by atoms with van der Waals surface area (Å²) in [6.07, 6.45) is 1.92. The molecule has 0 spiro atoms. The average Bonchev–Trinajstić information content (AvgIpc) is 3.26. The zero-order valence-electron chi connectivity index (χ0n) is 13.7. The summed E-state index contributed by atoms with van der Waals surface area (Å²) in [6, 6.07) is 7.38. The van der Waals surface area contributed by atoms with E-state index in [4.69, 9.17) is 0 Å². The molecule has 1 aliphatic rings. The molecule has 1 aromatic heterocycles. The Labute approximate surface area is 145 Å². The van der Waals surface area contributed by atoms with E-state index in [1.54, 1.807) is 6.92 Å². The summed E-state index contributed by atoms with van der Waals surface area (Å²) in [7, 11) is 0. The topological polar surface area (TPSA) is 70.5 Å². The van der Waals surface area contributed by atoms with Crippen LogP contribution in [-0.4, -0.2) is 39.0 Å². The molecule has 0 bridgehead atoms. The number of amides is 1. The molecule has 1 fully saturated rings. The van der Waals surface area contributed by atoms with E-state index >= 15 is 0 Å². The normalized spacial score (nSPS) is 15.1. The summed E-state index contributed by atoms with van der Waals surface area (Å²) in [5.74, 6) is -1.12. The number of carboxylic acids is 1. The van der Waals surface area contributed by atoms with Crippen molar-refractivity contribution in [3.05, 3.63) is 40.9 Å². The van der Waals surface area contributed by atoms with Gasteiger partial charge in [0, 0.05) is 17.0 Å². The van der Waals surface area contributed by atoms with Crippen LogP contribution in [0.4, 0.5) is 0 Å². The van der Waals surface area contributed by atoms with E-state index in [2.05, 4.69) is 4.98 Å². The number of carbonyl (C=O) groups is 2. The number of nitrogens with zero attached hydrogens (tertiary/aromatic N) is 2. The molecule has 1 heterocycles. The maximum Gasteiger partial charge on any atom is 0.326 e. The molecule has 0 saturated heterocycles. The lowest BCUT2D eigenvalue weighted by Crippen LogP contribution is -2.45. The molecule has 1 aliphatic carbocycles. The Morgan fingerprint density at radius 3 is 2.58 bits per heavy atom. The number of benzene rings is 1. The minimum atomic E-state index is -0.964. The first-order valence-electron chi connectivity index (χ1n) is 8.01. The molecule has 1 N–H and O–H groups in total. The van der Waals surface area contributed by atoms with E-state index in [9.17, 15) is 14.7 Å². The molecule has 6 heteroatoms. The highest BCUT2D eigenvalue weighted by molar-refractivity contribution is 7.13. The highest BCUT2D eigenvalue weighted by Crippen LogP contribution is 2.30. The van der Waals surface area contributed by atoms with Crippen molar-refractivity contribution in [1.29, 1.82) is 0 Å². The van der Waals surface area contributed by atoms with Crippen molar-refractivity contribution >= 4 is 23.2 Å². The molecular formula is C18H20N2O3S. The fourth-order valence-corrected chi connectivity index (χ4v) is 3.50. The van der Waals surface area contributed by atoms with E-state index in [0.717, 1.165) is 23.4 Å². The largest absolute Gasteiger partial charge is 0.480 e. The van der Waals surface area contributed by atoms with Crippen molar-refractivity contribution < 1.29 is 14.7 Å². The Balaban J connectivity index is 1.72. The smallest absolute Gasteiger partial charge is 0.326 e. The Morgan fingerprint density at radius 1 is 1.33 bits per heavy atom. The van der Waals surface area contributed by atoms with Crippen LogP contribution in [0, 0.1) is 6.92 Å². The van der Waals surface area contributed by atoms with Gasteiger partial charge >= 0.3 is 5.97 Å². The van der Waals surface area contributed by atoms with Gasteiger partial charge in [-0.1, -0.05) is 29.8 Å². The second-order valence-corrected chi connectivity index (χ2v) is 7.09. The Kier molecular flexibility index (Phi) is 4.66. The van der Waals surface area contributed by atoms with Gasteiger partial charge in [0.15, 0.2) is 0 Å². The number of aliphatic carboxylic acids is 1. The van der Waals surface area contributed by atoms with Gasteiger partial charge in [-0.05, 0) is 26.7 Å². The molecule has 1 unspecified atom stereocenters.